The molecule has 47 heavy (non-hydrogen) atoms. The van der Waals surface area contributed by atoms with E-state index in [1.54, 1.807) is 0 Å². The van der Waals surface area contributed by atoms with E-state index < -0.39 is 23.8 Å². The predicted octanol–water partition coefficient (Wildman–Crippen LogP) is 5.18. The molecular weight excluding hydrogens is 600 g/mol. The molecule has 0 aliphatic carbocycles. The fraction of sp³-hybridized carbons (Fsp3) is 0.568. The highest BCUT2D eigenvalue weighted by Crippen LogP contribution is 2.40. The molecule has 2 aromatic carbocycles. The molecule has 4 N–H and O–H groups in total. The summed E-state index contributed by atoms with van der Waals surface area (Å²) in [5.41, 5.74) is 4.24. The van der Waals surface area contributed by atoms with Crippen molar-refractivity contribution in [2.75, 3.05) is 26.3 Å². The minimum atomic E-state index is -0.891. The zero-order valence-corrected chi connectivity index (χ0v) is 29.8. The summed E-state index contributed by atoms with van der Waals surface area (Å²) in [5, 5.41) is 26.1. The number of hydrogen-bond donors (Lipinski definition) is 4. The van der Waals surface area contributed by atoms with Crippen LogP contribution in [0.5, 0.6) is 11.5 Å². The first-order chi connectivity index (χ1) is 21.6. The van der Waals surface area contributed by atoms with Crippen LogP contribution in [0.1, 0.15) is 109 Å². The van der Waals surface area contributed by atoms with Gasteiger partial charge in [-0.1, -0.05) is 86.6 Å². The number of esters is 2. The lowest BCUT2D eigenvalue weighted by molar-refractivity contribution is -0.145. The average Bonchev–Trinajstić information content (AvgIpc) is 2.95. The molecule has 0 saturated carbocycles. The second-order valence-corrected chi connectivity index (χ2v) is 15.1. The third-order valence-corrected chi connectivity index (χ3v) is 7.70. The fourth-order valence-electron chi connectivity index (χ4n) is 5.01. The van der Waals surface area contributed by atoms with Crippen LogP contribution in [0.2, 0.25) is 0 Å². The van der Waals surface area contributed by atoms with E-state index >= 15 is 0 Å². The Bertz CT molecular complexity index is 1410. The third-order valence-electron chi connectivity index (χ3n) is 7.70. The maximum atomic E-state index is 12.3. The minimum Gasteiger partial charge on any atom is -0.507 e. The van der Waals surface area contributed by atoms with Crippen LogP contribution < -0.4 is 10.6 Å². The summed E-state index contributed by atoms with van der Waals surface area (Å²) in [7, 11) is 0. The Hall–Kier alpha value is -4.08. The normalized spacial score (nSPS) is 12.0. The van der Waals surface area contributed by atoms with Gasteiger partial charge in [-0.25, -0.2) is 0 Å². The van der Waals surface area contributed by atoms with Gasteiger partial charge in [-0.2, -0.15) is 0 Å². The molecule has 0 aliphatic rings. The third kappa shape index (κ3) is 12.2. The summed E-state index contributed by atoms with van der Waals surface area (Å²) in [6, 6.07) is 7.61. The van der Waals surface area contributed by atoms with Gasteiger partial charge in [0, 0.05) is 12.8 Å². The van der Waals surface area contributed by atoms with Crippen LogP contribution in [0, 0.1) is 6.92 Å². The zero-order chi connectivity index (χ0) is 35.7. The van der Waals surface area contributed by atoms with Gasteiger partial charge >= 0.3 is 23.8 Å². The minimum absolute atomic E-state index is 0.0371. The summed E-state index contributed by atoms with van der Waals surface area (Å²) in [4.78, 5) is 48.7. The van der Waals surface area contributed by atoms with Gasteiger partial charge in [0.25, 0.3) is 0 Å². The lowest BCUT2D eigenvalue weighted by atomic mass is 9.78. The lowest BCUT2D eigenvalue weighted by Crippen LogP contribution is -2.42. The van der Waals surface area contributed by atoms with Crippen molar-refractivity contribution in [3.05, 3.63) is 57.6 Å². The molecule has 0 saturated heterocycles. The lowest BCUT2D eigenvalue weighted by Gasteiger charge is -2.28. The van der Waals surface area contributed by atoms with E-state index in [2.05, 4.69) is 10.6 Å². The number of carbonyl (C=O) groups excluding carboxylic acids is 4. The predicted molar refractivity (Wildman–Crippen MR) is 182 cm³/mol. The van der Waals surface area contributed by atoms with E-state index in [0.717, 1.165) is 33.4 Å². The standard InChI is InChI=1S/C37H54N2O8/c1-23-19-24(20-26(31(23)42)35(2,3)4)11-13-29(40)46-17-15-38-33(44)34(45)39-16-18-47-30(41)14-12-25-21-27(36(5,6)7)32(43)28(22-25)37(8,9)10/h19-22,42-43H,11-18H2,1-10H3,(H,38,44)(H,39,45). The number of rotatable bonds is 12. The first kappa shape index (κ1) is 39.1. The molecule has 0 heterocycles. The van der Waals surface area contributed by atoms with Crippen LogP contribution in [0.3, 0.4) is 0 Å². The van der Waals surface area contributed by atoms with Gasteiger partial charge in [-0.15, -0.1) is 0 Å². The number of phenols is 2. The van der Waals surface area contributed by atoms with Crippen molar-refractivity contribution in [3.8, 4) is 11.5 Å². The highest BCUT2D eigenvalue weighted by atomic mass is 16.5. The Morgan fingerprint density at radius 3 is 1.30 bits per heavy atom. The number of phenolic OH excluding ortho intramolecular Hbond substituents is 2. The number of aryl methyl sites for hydroxylation is 3. The molecule has 0 fully saturated rings. The molecular formula is C37H54N2O8. The number of aromatic hydroxyl groups is 2. The molecule has 2 aromatic rings. The van der Waals surface area contributed by atoms with Crippen LogP contribution in [0.4, 0.5) is 0 Å². The molecule has 0 aromatic heterocycles. The highest BCUT2D eigenvalue weighted by Gasteiger charge is 2.27. The molecule has 0 atom stereocenters. The molecule has 0 radical (unpaired) electrons. The summed E-state index contributed by atoms with van der Waals surface area (Å²) in [6.07, 6.45) is 1.12. The largest absolute Gasteiger partial charge is 0.507 e. The quantitative estimate of drug-likeness (QED) is 0.139. The molecule has 2 rings (SSSR count). The monoisotopic (exact) mass is 654 g/mol. The number of ether oxygens (including phenoxy) is 2. The molecule has 2 amide bonds. The van der Waals surface area contributed by atoms with Gasteiger partial charge in [0.15, 0.2) is 0 Å². The van der Waals surface area contributed by atoms with Crippen molar-refractivity contribution in [1.29, 1.82) is 0 Å². The summed E-state index contributed by atoms with van der Waals surface area (Å²) in [5.74, 6) is -2.12. The Morgan fingerprint density at radius 2 is 0.936 bits per heavy atom. The van der Waals surface area contributed by atoms with Crippen LogP contribution in [-0.2, 0) is 57.7 Å². The molecule has 0 bridgehead atoms. The number of hydrogen-bond acceptors (Lipinski definition) is 8. The number of benzene rings is 2. The van der Waals surface area contributed by atoms with Gasteiger partial charge in [0.1, 0.15) is 24.7 Å². The van der Waals surface area contributed by atoms with E-state index in [9.17, 15) is 29.4 Å². The Labute approximate surface area is 279 Å². The van der Waals surface area contributed by atoms with Crippen molar-refractivity contribution in [3.63, 3.8) is 0 Å². The van der Waals surface area contributed by atoms with Crippen molar-refractivity contribution in [2.24, 2.45) is 0 Å². The zero-order valence-electron chi connectivity index (χ0n) is 29.8. The van der Waals surface area contributed by atoms with Gasteiger partial charge in [0.2, 0.25) is 0 Å². The van der Waals surface area contributed by atoms with E-state index in [-0.39, 0.29) is 66.9 Å². The highest BCUT2D eigenvalue weighted by molar-refractivity contribution is 6.35. The van der Waals surface area contributed by atoms with Crippen molar-refractivity contribution in [2.45, 2.75) is 111 Å². The second kappa shape index (κ2) is 16.2. The molecule has 0 unspecified atom stereocenters. The number of amides is 2. The SMILES string of the molecule is Cc1cc(CCC(=O)OCCNC(=O)C(=O)NCCOC(=O)CCc2cc(C(C)(C)C)c(O)c(C(C)(C)C)c2)cc(C(C)(C)C)c1O. The summed E-state index contributed by atoms with van der Waals surface area (Å²) in [6.45, 7) is 19.8. The maximum Gasteiger partial charge on any atom is 0.309 e. The Morgan fingerprint density at radius 1 is 0.596 bits per heavy atom. The topological polar surface area (TPSA) is 151 Å². The first-order valence-electron chi connectivity index (χ1n) is 16.2. The molecule has 10 heteroatoms. The van der Waals surface area contributed by atoms with Gasteiger partial charge in [0.05, 0.1) is 13.1 Å². The average molecular weight is 655 g/mol. The van der Waals surface area contributed by atoms with Gasteiger partial charge < -0.3 is 30.3 Å². The first-order valence-corrected chi connectivity index (χ1v) is 16.2. The van der Waals surface area contributed by atoms with Gasteiger partial charge in [-0.05, 0) is 69.4 Å². The summed E-state index contributed by atoms with van der Waals surface area (Å²) >= 11 is 0. The van der Waals surface area contributed by atoms with E-state index in [4.69, 9.17) is 9.47 Å². The Kier molecular flexibility index (Phi) is 13.4. The van der Waals surface area contributed by atoms with E-state index in [0.29, 0.717) is 12.8 Å². The van der Waals surface area contributed by atoms with Gasteiger partial charge in [-0.3, -0.25) is 19.2 Å². The maximum absolute atomic E-state index is 12.3. The Balaban J connectivity index is 1.69. The van der Waals surface area contributed by atoms with Crippen LogP contribution in [0.25, 0.3) is 0 Å². The summed E-state index contributed by atoms with van der Waals surface area (Å²) < 4.78 is 10.4. The van der Waals surface area contributed by atoms with Crippen molar-refractivity contribution in [1.82, 2.24) is 10.6 Å². The number of carbonyl (C=O) groups is 4. The molecule has 0 spiro atoms. The number of nitrogens with one attached hydrogen (secondary N) is 2. The molecule has 10 nitrogen and oxygen atoms in total. The van der Waals surface area contributed by atoms with Crippen LogP contribution in [-0.4, -0.2) is 60.3 Å². The molecule has 260 valence electrons. The van der Waals surface area contributed by atoms with E-state index in [1.807, 2.05) is 93.5 Å². The van der Waals surface area contributed by atoms with Crippen LogP contribution >= 0.6 is 0 Å². The van der Waals surface area contributed by atoms with Crippen molar-refractivity contribution >= 4 is 23.8 Å². The second-order valence-electron chi connectivity index (χ2n) is 15.1. The van der Waals surface area contributed by atoms with E-state index in [1.165, 1.54) is 0 Å². The fourth-order valence-corrected chi connectivity index (χ4v) is 5.01. The molecule has 0 aliphatic heterocycles. The van der Waals surface area contributed by atoms with Crippen LogP contribution in [0.15, 0.2) is 24.3 Å². The smallest absolute Gasteiger partial charge is 0.309 e. The van der Waals surface area contributed by atoms with Crippen molar-refractivity contribution < 1.29 is 38.9 Å².